The zero-order valence-corrected chi connectivity index (χ0v) is 16.5. The molecule has 1 unspecified atom stereocenters. The summed E-state index contributed by atoms with van der Waals surface area (Å²) in [4.78, 5) is 12.8. The number of hydrogen-bond donors (Lipinski definition) is 2. The monoisotopic (exact) mass is 407 g/mol. The summed E-state index contributed by atoms with van der Waals surface area (Å²) >= 11 is 6.56. The van der Waals surface area contributed by atoms with Crippen LogP contribution in [0.25, 0.3) is 0 Å². The van der Waals surface area contributed by atoms with Crippen molar-refractivity contribution < 1.29 is 9.18 Å². The van der Waals surface area contributed by atoms with Crippen LogP contribution in [0, 0.1) is 17.1 Å². The van der Waals surface area contributed by atoms with Gasteiger partial charge in [0.25, 0.3) is 5.91 Å². The smallest absolute Gasteiger partial charge is 0.273 e. The molecule has 1 aromatic carbocycles. The SMILES string of the molecule is C/C=S1/NCCCN1c1cn(C)c(C(=O)Nc2ccc(F)c(C#N)c2)c1Cl. The fourth-order valence-corrected chi connectivity index (χ4v) is 4.93. The van der Waals surface area contributed by atoms with Crippen molar-refractivity contribution in [2.75, 3.05) is 22.7 Å². The fraction of sp³-hybridized carbons (Fsp3) is 0.278. The number of aromatic nitrogens is 1. The molecule has 0 bridgehead atoms. The molecule has 3 rings (SSSR count). The number of hydrogen-bond acceptors (Lipinski definition) is 4. The standard InChI is InChI=1S/C18H19ClFN5OS/c1-3-27-22-7-4-8-25(27)15-11-24(2)17(16(15)19)18(26)23-13-5-6-14(20)12(9-13)10-21/h3,5-6,9,11,22H,4,7-8H2,1-2H3,(H,23,26). The number of benzene rings is 1. The van der Waals surface area contributed by atoms with Crippen LogP contribution in [0.3, 0.4) is 0 Å². The van der Waals surface area contributed by atoms with Gasteiger partial charge in [-0.05, 0) is 47.8 Å². The predicted molar refractivity (Wildman–Crippen MR) is 109 cm³/mol. The lowest BCUT2D eigenvalue weighted by Crippen LogP contribution is -2.33. The number of carbonyl (C=O) groups is 1. The highest BCUT2D eigenvalue weighted by atomic mass is 35.5. The van der Waals surface area contributed by atoms with E-state index in [-0.39, 0.29) is 16.4 Å². The minimum absolute atomic E-state index is 0.131. The van der Waals surface area contributed by atoms with E-state index in [9.17, 15) is 9.18 Å². The van der Waals surface area contributed by atoms with Gasteiger partial charge in [-0.1, -0.05) is 11.6 Å². The van der Waals surface area contributed by atoms with E-state index in [0.717, 1.165) is 31.3 Å². The third kappa shape index (κ3) is 3.86. The van der Waals surface area contributed by atoms with Crippen LogP contribution in [-0.2, 0) is 7.05 Å². The van der Waals surface area contributed by atoms with Crippen LogP contribution in [0.2, 0.25) is 5.02 Å². The molecule has 2 N–H and O–H groups in total. The van der Waals surface area contributed by atoms with Crippen molar-refractivity contribution in [1.29, 1.82) is 5.26 Å². The molecule has 1 amide bonds. The van der Waals surface area contributed by atoms with Gasteiger partial charge < -0.3 is 14.2 Å². The van der Waals surface area contributed by atoms with Crippen LogP contribution in [0.4, 0.5) is 15.8 Å². The van der Waals surface area contributed by atoms with Crippen molar-refractivity contribution in [2.24, 2.45) is 7.05 Å². The Morgan fingerprint density at radius 1 is 1.52 bits per heavy atom. The fourth-order valence-electron chi connectivity index (χ4n) is 2.91. The van der Waals surface area contributed by atoms with E-state index < -0.39 is 11.7 Å². The van der Waals surface area contributed by atoms with Crippen LogP contribution in [0.5, 0.6) is 0 Å². The molecule has 0 radical (unpaired) electrons. The molecule has 1 aliphatic rings. The quantitative estimate of drug-likeness (QED) is 0.761. The van der Waals surface area contributed by atoms with E-state index in [4.69, 9.17) is 16.9 Å². The molecular formula is C18H19ClFN5OS. The van der Waals surface area contributed by atoms with Crippen LogP contribution >= 0.6 is 22.5 Å². The van der Waals surface area contributed by atoms with Gasteiger partial charge in [0.15, 0.2) is 0 Å². The largest absolute Gasteiger partial charge is 0.343 e. The Hall–Kier alpha value is -2.34. The first-order valence-corrected chi connectivity index (χ1v) is 9.98. The maximum absolute atomic E-state index is 13.5. The number of carbonyl (C=O) groups excluding carboxylic acids is 1. The Kier molecular flexibility index (Phi) is 5.85. The molecule has 0 saturated carbocycles. The normalized spacial score (nSPS) is 17.0. The van der Waals surface area contributed by atoms with E-state index in [1.807, 2.05) is 13.1 Å². The maximum atomic E-state index is 13.5. The topological polar surface area (TPSA) is 73.1 Å². The average Bonchev–Trinajstić information content (AvgIpc) is 2.97. The Balaban J connectivity index is 1.90. The van der Waals surface area contributed by atoms with Gasteiger partial charge in [-0.25, -0.2) is 4.39 Å². The maximum Gasteiger partial charge on any atom is 0.273 e. The van der Waals surface area contributed by atoms with Crippen molar-refractivity contribution in [3.8, 4) is 6.07 Å². The molecule has 1 atom stereocenters. The van der Waals surface area contributed by atoms with E-state index in [2.05, 4.69) is 19.7 Å². The molecule has 1 fully saturated rings. The Bertz CT molecular complexity index is 965. The number of aryl methyl sites for hydroxylation is 1. The van der Waals surface area contributed by atoms with E-state index in [1.54, 1.807) is 17.7 Å². The van der Waals surface area contributed by atoms with E-state index >= 15 is 0 Å². The number of nitriles is 1. The number of anilines is 2. The van der Waals surface area contributed by atoms with Crippen molar-refractivity contribution >= 4 is 45.1 Å². The van der Waals surface area contributed by atoms with Gasteiger partial charge in [0.05, 0.1) is 16.3 Å². The Morgan fingerprint density at radius 3 is 3.00 bits per heavy atom. The first kappa shape index (κ1) is 19.4. The van der Waals surface area contributed by atoms with Crippen LogP contribution in [0.15, 0.2) is 24.4 Å². The van der Waals surface area contributed by atoms with Crippen LogP contribution in [0.1, 0.15) is 29.4 Å². The van der Waals surface area contributed by atoms with Crippen molar-refractivity contribution in [1.82, 2.24) is 9.29 Å². The highest BCUT2D eigenvalue weighted by Crippen LogP contribution is 2.37. The van der Waals surface area contributed by atoms with Crippen molar-refractivity contribution in [2.45, 2.75) is 13.3 Å². The van der Waals surface area contributed by atoms with Gasteiger partial charge in [0.2, 0.25) is 0 Å². The second-order valence-corrected chi connectivity index (χ2v) is 8.16. The molecule has 2 aromatic rings. The number of nitrogens with one attached hydrogen (secondary N) is 2. The third-order valence-electron chi connectivity index (χ3n) is 4.18. The van der Waals surface area contributed by atoms with Crippen LogP contribution < -0.4 is 14.3 Å². The van der Waals surface area contributed by atoms with Gasteiger partial charge in [-0.3, -0.25) is 9.52 Å². The van der Waals surface area contributed by atoms with Gasteiger partial charge >= 0.3 is 0 Å². The van der Waals surface area contributed by atoms with Crippen molar-refractivity contribution in [3.05, 3.63) is 46.5 Å². The minimum Gasteiger partial charge on any atom is -0.343 e. The molecule has 9 heteroatoms. The first-order chi connectivity index (χ1) is 13.0. The number of halogens is 2. The van der Waals surface area contributed by atoms with Crippen LogP contribution in [-0.4, -0.2) is 28.9 Å². The molecule has 1 aromatic heterocycles. The van der Waals surface area contributed by atoms with Gasteiger partial charge in [-0.2, -0.15) is 5.26 Å². The van der Waals surface area contributed by atoms with E-state index in [1.165, 1.54) is 12.1 Å². The molecule has 0 spiro atoms. The summed E-state index contributed by atoms with van der Waals surface area (Å²) in [6.07, 6.45) is 2.82. The predicted octanol–water partition coefficient (Wildman–Crippen LogP) is 3.66. The lowest BCUT2D eigenvalue weighted by atomic mass is 10.2. The molecule has 27 heavy (non-hydrogen) atoms. The minimum atomic E-state index is -0.630. The molecule has 2 heterocycles. The summed E-state index contributed by atoms with van der Waals surface area (Å²) in [6.45, 7) is 3.77. The van der Waals surface area contributed by atoms with Gasteiger partial charge in [0.1, 0.15) is 17.6 Å². The summed E-state index contributed by atoms with van der Waals surface area (Å²) in [5.41, 5.74) is 1.29. The summed E-state index contributed by atoms with van der Waals surface area (Å²) in [7, 11) is 1.50. The average molecular weight is 408 g/mol. The molecule has 142 valence electrons. The van der Waals surface area contributed by atoms with E-state index in [0.29, 0.717) is 16.4 Å². The molecule has 1 aliphatic heterocycles. The molecular weight excluding hydrogens is 389 g/mol. The lowest BCUT2D eigenvalue weighted by molar-refractivity contribution is 0.101. The zero-order chi connectivity index (χ0) is 19.6. The number of rotatable bonds is 3. The molecule has 1 saturated heterocycles. The summed E-state index contributed by atoms with van der Waals surface area (Å²) < 4.78 is 20.7. The molecule has 6 nitrogen and oxygen atoms in total. The summed E-state index contributed by atoms with van der Waals surface area (Å²) in [5, 5.41) is 14.1. The molecule has 0 aliphatic carbocycles. The third-order valence-corrected chi connectivity index (χ3v) is 6.35. The Morgan fingerprint density at radius 2 is 2.30 bits per heavy atom. The zero-order valence-electron chi connectivity index (χ0n) is 14.9. The Labute approximate surface area is 164 Å². The summed E-state index contributed by atoms with van der Waals surface area (Å²) in [5.74, 6) is -1.05. The highest BCUT2D eigenvalue weighted by Gasteiger charge is 2.25. The highest BCUT2D eigenvalue weighted by molar-refractivity contribution is 8.14. The lowest BCUT2D eigenvalue weighted by Gasteiger charge is -2.32. The second-order valence-electron chi connectivity index (χ2n) is 5.95. The van der Waals surface area contributed by atoms with Gasteiger partial charge in [-0.15, -0.1) is 0 Å². The second kappa shape index (κ2) is 8.13. The number of nitrogens with zero attached hydrogens (tertiary/aromatic N) is 3. The first-order valence-electron chi connectivity index (χ1n) is 8.35. The van der Waals surface area contributed by atoms with Gasteiger partial charge in [0, 0.05) is 32.0 Å². The van der Waals surface area contributed by atoms with Crippen molar-refractivity contribution in [3.63, 3.8) is 0 Å². The summed E-state index contributed by atoms with van der Waals surface area (Å²) in [6, 6.07) is 5.60. The number of amides is 1.